The Morgan fingerprint density at radius 2 is 1.92 bits per heavy atom. The molecule has 0 atom stereocenters. The van der Waals surface area contributed by atoms with Crippen LogP contribution < -0.4 is 10.2 Å². The maximum Gasteiger partial charge on any atom is 0.275 e. The third kappa shape index (κ3) is 3.77. The molecule has 1 amide bonds. The standard InChI is InChI=1S/C20H19N3O2/c1-15-10-11-18(19(13-15)25-2)20(24)22-21-14-17-9-6-12-23(17)16-7-4-3-5-8-16/h3-14H,1-2H3,(H,22,24)/b21-14-. The van der Waals surface area contributed by atoms with Gasteiger partial charge in [0.2, 0.25) is 0 Å². The number of aryl methyl sites for hydroxylation is 1. The smallest absolute Gasteiger partial charge is 0.275 e. The van der Waals surface area contributed by atoms with E-state index in [-0.39, 0.29) is 5.91 Å². The maximum atomic E-state index is 12.3. The van der Waals surface area contributed by atoms with Crippen LogP contribution >= 0.6 is 0 Å². The summed E-state index contributed by atoms with van der Waals surface area (Å²) in [5, 5.41) is 4.07. The molecule has 0 aliphatic carbocycles. The number of nitrogens with one attached hydrogen (secondary N) is 1. The first-order valence-electron chi connectivity index (χ1n) is 7.90. The fourth-order valence-corrected chi connectivity index (χ4v) is 2.53. The van der Waals surface area contributed by atoms with E-state index in [1.54, 1.807) is 19.4 Å². The van der Waals surface area contributed by atoms with Crippen LogP contribution in [-0.4, -0.2) is 23.8 Å². The Labute approximate surface area is 146 Å². The van der Waals surface area contributed by atoms with Crippen molar-refractivity contribution < 1.29 is 9.53 Å². The van der Waals surface area contributed by atoms with E-state index in [4.69, 9.17) is 4.74 Å². The van der Waals surface area contributed by atoms with Crippen LogP contribution in [0.3, 0.4) is 0 Å². The molecule has 1 aromatic heterocycles. The van der Waals surface area contributed by atoms with Crippen molar-refractivity contribution in [1.82, 2.24) is 9.99 Å². The third-order valence-corrected chi connectivity index (χ3v) is 3.78. The summed E-state index contributed by atoms with van der Waals surface area (Å²) in [5.74, 6) is 0.214. The number of ether oxygens (including phenoxy) is 1. The van der Waals surface area contributed by atoms with Gasteiger partial charge in [-0.3, -0.25) is 4.79 Å². The Hall–Kier alpha value is -3.34. The molecule has 0 aliphatic heterocycles. The van der Waals surface area contributed by atoms with Gasteiger partial charge in [-0.15, -0.1) is 0 Å². The Kier molecular flexibility index (Phi) is 4.95. The fraction of sp³-hybridized carbons (Fsp3) is 0.100. The van der Waals surface area contributed by atoms with Gasteiger partial charge in [-0.05, 0) is 48.9 Å². The number of amides is 1. The van der Waals surface area contributed by atoms with Crippen LogP contribution in [0.25, 0.3) is 5.69 Å². The number of carbonyl (C=O) groups is 1. The molecular formula is C20H19N3O2. The van der Waals surface area contributed by atoms with Crippen LogP contribution in [0.15, 0.2) is 72.0 Å². The van der Waals surface area contributed by atoms with Gasteiger partial charge in [0, 0.05) is 11.9 Å². The molecule has 0 aliphatic rings. The maximum absolute atomic E-state index is 12.3. The molecule has 5 heteroatoms. The number of rotatable bonds is 5. The number of carbonyl (C=O) groups excluding carboxylic acids is 1. The molecule has 0 radical (unpaired) electrons. The molecule has 1 heterocycles. The Bertz CT molecular complexity index is 898. The number of hydrogen-bond acceptors (Lipinski definition) is 3. The molecule has 5 nitrogen and oxygen atoms in total. The van der Waals surface area contributed by atoms with Crippen LogP contribution in [0.1, 0.15) is 21.6 Å². The number of methoxy groups -OCH3 is 1. The lowest BCUT2D eigenvalue weighted by Crippen LogP contribution is -2.18. The van der Waals surface area contributed by atoms with Crippen molar-refractivity contribution >= 4 is 12.1 Å². The van der Waals surface area contributed by atoms with Gasteiger partial charge >= 0.3 is 0 Å². The van der Waals surface area contributed by atoms with Crippen molar-refractivity contribution in [2.24, 2.45) is 5.10 Å². The van der Waals surface area contributed by atoms with E-state index in [1.807, 2.05) is 72.3 Å². The highest BCUT2D eigenvalue weighted by Crippen LogP contribution is 2.19. The normalized spacial score (nSPS) is 10.8. The number of nitrogens with zero attached hydrogens (tertiary/aromatic N) is 2. The van der Waals surface area contributed by atoms with E-state index in [2.05, 4.69) is 10.5 Å². The minimum atomic E-state index is -0.314. The highest BCUT2D eigenvalue weighted by molar-refractivity contribution is 5.97. The van der Waals surface area contributed by atoms with Crippen molar-refractivity contribution in [3.05, 3.63) is 83.7 Å². The van der Waals surface area contributed by atoms with E-state index in [0.717, 1.165) is 16.9 Å². The van der Waals surface area contributed by atoms with Gasteiger partial charge in [0.1, 0.15) is 5.75 Å². The summed E-state index contributed by atoms with van der Waals surface area (Å²) in [7, 11) is 1.54. The number of hydrazone groups is 1. The van der Waals surface area contributed by atoms with Gasteiger partial charge in [-0.1, -0.05) is 24.3 Å². The van der Waals surface area contributed by atoms with Crippen LogP contribution in [0.2, 0.25) is 0 Å². The first kappa shape index (κ1) is 16.5. The summed E-state index contributed by atoms with van der Waals surface area (Å²) in [5.41, 5.74) is 5.91. The van der Waals surface area contributed by atoms with Gasteiger partial charge in [0.25, 0.3) is 5.91 Å². The molecule has 0 saturated carbocycles. The zero-order chi connectivity index (χ0) is 17.6. The van der Waals surface area contributed by atoms with Crippen molar-refractivity contribution in [2.45, 2.75) is 6.92 Å². The van der Waals surface area contributed by atoms with E-state index in [1.165, 1.54) is 0 Å². The highest BCUT2D eigenvalue weighted by atomic mass is 16.5. The minimum Gasteiger partial charge on any atom is -0.496 e. The predicted octanol–water partition coefficient (Wildman–Crippen LogP) is 3.56. The largest absolute Gasteiger partial charge is 0.496 e. The van der Waals surface area contributed by atoms with E-state index in [0.29, 0.717) is 11.3 Å². The SMILES string of the molecule is COc1cc(C)ccc1C(=O)N/N=C\c1cccn1-c1ccccc1. The lowest BCUT2D eigenvalue weighted by atomic mass is 10.1. The lowest BCUT2D eigenvalue weighted by Gasteiger charge is -2.08. The zero-order valence-corrected chi connectivity index (χ0v) is 14.1. The Morgan fingerprint density at radius 1 is 1.12 bits per heavy atom. The molecule has 0 spiro atoms. The van der Waals surface area contributed by atoms with Crippen LogP contribution in [0, 0.1) is 6.92 Å². The van der Waals surface area contributed by atoms with E-state index < -0.39 is 0 Å². The molecule has 3 rings (SSSR count). The first-order valence-corrected chi connectivity index (χ1v) is 7.90. The Morgan fingerprint density at radius 3 is 2.68 bits per heavy atom. The molecular weight excluding hydrogens is 314 g/mol. The third-order valence-electron chi connectivity index (χ3n) is 3.78. The second-order valence-electron chi connectivity index (χ2n) is 5.54. The van der Waals surface area contributed by atoms with Crippen LogP contribution in [0.4, 0.5) is 0 Å². The number of para-hydroxylation sites is 1. The molecule has 1 N–H and O–H groups in total. The quantitative estimate of drug-likeness (QED) is 0.573. The lowest BCUT2D eigenvalue weighted by molar-refractivity contribution is 0.0952. The second kappa shape index (κ2) is 7.49. The van der Waals surface area contributed by atoms with Crippen LogP contribution in [0.5, 0.6) is 5.75 Å². The highest BCUT2D eigenvalue weighted by Gasteiger charge is 2.11. The van der Waals surface area contributed by atoms with E-state index >= 15 is 0 Å². The molecule has 25 heavy (non-hydrogen) atoms. The number of hydrogen-bond donors (Lipinski definition) is 1. The topological polar surface area (TPSA) is 55.6 Å². The summed E-state index contributed by atoms with van der Waals surface area (Å²) in [6.45, 7) is 1.94. The molecule has 0 bridgehead atoms. The summed E-state index contributed by atoms with van der Waals surface area (Å²) in [6, 6.07) is 19.2. The molecule has 3 aromatic rings. The summed E-state index contributed by atoms with van der Waals surface area (Å²) >= 11 is 0. The van der Waals surface area contributed by atoms with Gasteiger partial charge in [0.15, 0.2) is 0 Å². The summed E-state index contributed by atoms with van der Waals surface area (Å²) in [6.07, 6.45) is 3.56. The van der Waals surface area contributed by atoms with Gasteiger partial charge in [-0.25, -0.2) is 5.43 Å². The van der Waals surface area contributed by atoms with Gasteiger partial charge in [0.05, 0.1) is 24.6 Å². The van der Waals surface area contributed by atoms with E-state index in [9.17, 15) is 4.79 Å². The number of aromatic nitrogens is 1. The zero-order valence-electron chi connectivity index (χ0n) is 14.1. The second-order valence-corrected chi connectivity index (χ2v) is 5.54. The number of benzene rings is 2. The van der Waals surface area contributed by atoms with Crippen molar-refractivity contribution in [2.75, 3.05) is 7.11 Å². The van der Waals surface area contributed by atoms with Crippen molar-refractivity contribution in [3.8, 4) is 11.4 Å². The average Bonchev–Trinajstić information content (AvgIpc) is 3.10. The molecule has 0 saturated heterocycles. The van der Waals surface area contributed by atoms with Crippen LogP contribution in [-0.2, 0) is 0 Å². The molecule has 126 valence electrons. The molecule has 0 fully saturated rings. The molecule has 2 aromatic carbocycles. The predicted molar refractivity (Wildman–Crippen MR) is 98.6 cm³/mol. The summed E-state index contributed by atoms with van der Waals surface area (Å²) in [4.78, 5) is 12.3. The summed E-state index contributed by atoms with van der Waals surface area (Å²) < 4.78 is 7.25. The van der Waals surface area contributed by atoms with Crippen molar-refractivity contribution in [1.29, 1.82) is 0 Å². The van der Waals surface area contributed by atoms with Gasteiger partial charge in [-0.2, -0.15) is 5.10 Å². The minimum absolute atomic E-state index is 0.314. The first-order chi connectivity index (χ1) is 12.2. The Balaban J connectivity index is 1.75. The monoisotopic (exact) mass is 333 g/mol. The van der Waals surface area contributed by atoms with Gasteiger partial charge < -0.3 is 9.30 Å². The van der Waals surface area contributed by atoms with Crippen molar-refractivity contribution in [3.63, 3.8) is 0 Å². The molecule has 0 unspecified atom stereocenters. The average molecular weight is 333 g/mol. The fourth-order valence-electron chi connectivity index (χ4n) is 2.53.